The van der Waals surface area contributed by atoms with E-state index in [1.165, 1.54) is 31.3 Å². The highest BCUT2D eigenvalue weighted by atomic mass is 31.3. The number of rotatable bonds is 8. The second-order valence-electron chi connectivity index (χ2n) is 9.55. The minimum atomic E-state index is -5.34. The minimum absolute atomic E-state index is 0.249. The molecule has 0 saturated heterocycles. The highest BCUT2D eigenvalue weighted by Crippen LogP contribution is 2.61. The van der Waals surface area contributed by atoms with Crippen LogP contribution < -0.4 is 4.89 Å². The van der Waals surface area contributed by atoms with E-state index in [2.05, 4.69) is 36.2 Å². The normalized spacial score (nSPS) is 34.2. The van der Waals surface area contributed by atoms with Crippen LogP contribution in [0.1, 0.15) is 72.6 Å². The lowest BCUT2D eigenvalue weighted by Crippen LogP contribution is -2.49. The monoisotopic (exact) mass is 449 g/mol. The van der Waals surface area contributed by atoms with Gasteiger partial charge in [0.2, 0.25) is 0 Å². The summed E-state index contributed by atoms with van der Waals surface area (Å²) in [6.07, 6.45) is 9.41. The van der Waals surface area contributed by atoms with Crippen LogP contribution in [0.5, 0.6) is 0 Å². The summed E-state index contributed by atoms with van der Waals surface area (Å²) in [5.41, 5.74) is 2.90. The summed E-state index contributed by atoms with van der Waals surface area (Å²) in [6.45, 7) is 13.2. The van der Waals surface area contributed by atoms with Gasteiger partial charge in [0.1, 0.15) is 0 Å². The summed E-state index contributed by atoms with van der Waals surface area (Å²) in [7, 11) is -10.2. The van der Waals surface area contributed by atoms with E-state index < -0.39 is 15.6 Å². The molecule has 5 atom stereocenters. The van der Waals surface area contributed by atoms with Crippen LogP contribution in [-0.4, -0.2) is 16.4 Å². The van der Waals surface area contributed by atoms with E-state index >= 15 is 0 Å². The third-order valence-corrected chi connectivity index (χ3v) is 9.15. The van der Waals surface area contributed by atoms with Gasteiger partial charge in [0.15, 0.2) is 0 Å². The molecule has 0 aliphatic heterocycles. The van der Waals surface area contributed by atoms with Gasteiger partial charge in [0, 0.05) is 0 Å². The highest BCUT2D eigenvalue weighted by Gasteiger charge is 2.52. The van der Waals surface area contributed by atoms with E-state index in [9.17, 15) is 18.9 Å². The molecule has 0 aromatic heterocycles. The van der Waals surface area contributed by atoms with E-state index in [-0.39, 0.29) is 12.0 Å². The lowest BCUT2D eigenvalue weighted by Gasteiger charge is -2.58. The first-order valence-electron chi connectivity index (χ1n) is 10.2. The first-order valence-corrected chi connectivity index (χ1v) is 13.2. The number of hydrogen-bond acceptors (Lipinski definition) is 5. The number of phosphoric acid groups is 2. The van der Waals surface area contributed by atoms with Gasteiger partial charge in [0.25, 0.3) is 7.82 Å². The van der Waals surface area contributed by atoms with Crippen LogP contribution in [0.2, 0.25) is 0 Å². The maximum atomic E-state index is 11.5. The summed E-state index contributed by atoms with van der Waals surface area (Å²) in [5, 5.41) is 0. The van der Waals surface area contributed by atoms with Crippen molar-refractivity contribution in [3.8, 4) is 0 Å². The van der Waals surface area contributed by atoms with Gasteiger partial charge in [-0.05, 0) is 68.1 Å². The van der Waals surface area contributed by atoms with Crippen molar-refractivity contribution < 1.29 is 32.6 Å². The molecular weight excluding hydrogens is 414 g/mol. The van der Waals surface area contributed by atoms with Crippen molar-refractivity contribution in [1.29, 1.82) is 0 Å². The smallest absolute Gasteiger partial charge is 0.479 e. The number of phosphoric ester groups is 1. The molecule has 7 nitrogen and oxygen atoms in total. The first kappa shape index (κ1) is 25.0. The zero-order valence-electron chi connectivity index (χ0n) is 17.9. The molecule has 2 aliphatic carbocycles. The Morgan fingerprint density at radius 2 is 1.97 bits per heavy atom. The van der Waals surface area contributed by atoms with Gasteiger partial charge < -0.3 is 14.7 Å². The van der Waals surface area contributed by atoms with Crippen LogP contribution in [0.4, 0.5) is 0 Å². The third-order valence-electron chi connectivity index (χ3n) is 7.02. The summed E-state index contributed by atoms with van der Waals surface area (Å²) in [6, 6.07) is 0. The molecule has 9 heteroatoms. The lowest BCUT2D eigenvalue weighted by atomic mass is 9.47. The number of allylic oxidation sites excluding steroid dienone is 2. The fraction of sp³-hybridized carbons (Fsp3) is 0.800. The van der Waals surface area contributed by atoms with Crippen molar-refractivity contribution >= 4 is 15.6 Å². The van der Waals surface area contributed by atoms with Gasteiger partial charge in [-0.2, -0.15) is 0 Å². The summed E-state index contributed by atoms with van der Waals surface area (Å²) in [5.74, 6) is 1.13. The van der Waals surface area contributed by atoms with E-state index in [1.807, 2.05) is 6.92 Å². The molecule has 29 heavy (non-hydrogen) atoms. The molecule has 168 valence electrons. The molecule has 0 aromatic rings. The van der Waals surface area contributed by atoms with E-state index in [4.69, 9.17) is 4.89 Å². The Balaban J connectivity index is 1.97. The van der Waals surface area contributed by atoms with Crippen LogP contribution >= 0.6 is 15.6 Å². The standard InChI is InChI=1S/C20H36O7P2/c1-15(11-14-26-29(24,25)27-28(21,22)23)7-9-17-16(2)8-10-18-19(3,4)12-6-13-20(17,18)5/h11,17-18H,2,6-10,12-14H2,1,3-5H3,(H,24,25)(H2,21,22,23)/p-1/b15-11+/t17-,18-,20+/m0/s1. The number of fused-ring (bicyclic) bond motifs is 1. The molecule has 2 unspecified atom stereocenters. The summed E-state index contributed by atoms with van der Waals surface area (Å²) in [4.78, 5) is 28.4. The second-order valence-corrected chi connectivity index (χ2v) is 12.3. The van der Waals surface area contributed by atoms with Crippen molar-refractivity contribution in [1.82, 2.24) is 0 Å². The molecular formula is C20H35O7P2-. The molecule has 2 aliphatic rings. The highest BCUT2D eigenvalue weighted by molar-refractivity contribution is 7.60. The van der Waals surface area contributed by atoms with Crippen molar-refractivity contribution in [3.05, 3.63) is 23.8 Å². The van der Waals surface area contributed by atoms with Crippen LogP contribution in [0.3, 0.4) is 0 Å². The van der Waals surface area contributed by atoms with Gasteiger partial charge in [-0.3, -0.25) is 9.09 Å². The molecule has 0 amide bonds. The second kappa shape index (κ2) is 9.08. The Hall–Kier alpha value is -0.260. The Morgan fingerprint density at radius 3 is 2.59 bits per heavy atom. The lowest BCUT2D eigenvalue weighted by molar-refractivity contribution is -0.212. The molecule has 0 bridgehead atoms. The molecule has 2 N–H and O–H groups in total. The summed E-state index contributed by atoms with van der Waals surface area (Å²) >= 11 is 0. The van der Waals surface area contributed by atoms with Gasteiger partial charge in [-0.1, -0.05) is 51.0 Å². The van der Waals surface area contributed by atoms with E-state index in [0.717, 1.165) is 24.8 Å². The van der Waals surface area contributed by atoms with Gasteiger partial charge in [0.05, 0.1) is 6.61 Å². The molecule has 2 fully saturated rings. The Labute approximate surface area is 174 Å². The van der Waals surface area contributed by atoms with E-state index in [1.54, 1.807) is 6.08 Å². The maximum absolute atomic E-state index is 11.5. The fourth-order valence-corrected chi connectivity index (χ4v) is 7.20. The predicted molar refractivity (Wildman–Crippen MR) is 111 cm³/mol. The predicted octanol–water partition coefficient (Wildman–Crippen LogP) is 5.11. The van der Waals surface area contributed by atoms with Crippen molar-refractivity contribution in [2.45, 2.75) is 72.6 Å². The molecule has 0 heterocycles. The van der Waals surface area contributed by atoms with Gasteiger partial charge in [-0.25, -0.2) is 8.88 Å². The molecule has 0 radical (unpaired) electrons. The van der Waals surface area contributed by atoms with Crippen LogP contribution in [0.15, 0.2) is 23.8 Å². The SMILES string of the molecule is C=C1CC[C@H]2C(C)(C)CCC[C@]2(C)[C@H]1CC/C(C)=C/COP(=O)(O)OP(=O)([O-])O. The van der Waals surface area contributed by atoms with Crippen molar-refractivity contribution in [2.75, 3.05) is 6.61 Å². The van der Waals surface area contributed by atoms with Gasteiger partial charge >= 0.3 is 7.82 Å². The fourth-order valence-electron chi connectivity index (χ4n) is 5.71. The van der Waals surface area contributed by atoms with Crippen LogP contribution in [-0.2, 0) is 18.0 Å². The van der Waals surface area contributed by atoms with Gasteiger partial charge in [-0.15, -0.1) is 0 Å². The zero-order chi connectivity index (χ0) is 22.1. The molecule has 0 aromatic carbocycles. The van der Waals surface area contributed by atoms with Crippen molar-refractivity contribution in [2.24, 2.45) is 22.7 Å². The minimum Gasteiger partial charge on any atom is -0.756 e. The van der Waals surface area contributed by atoms with Crippen LogP contribution in [0, 0.1) is 22.7 Å². The van der Waals surface area contributed by atoms with E-state index in [0.29, 0.717) is 17.3 Å². The Bertz CT molecular complexity index is 739. The quantitative estimate of drug-likeness (QED) is 0.391. The van der Waals surface area contributed by atoms with Crippen LogP contribution in [0.25, 0.3) is 0 Å². The maximum Gasteiger partial charge on any atom is 0.479 e. The molecule has 0 spiro atoms. The molecule has 2 saturated carbocycles. The summed E-state index contributed by atoms with van der Waals surface area (Å²) < 4.78 is 30.3. The number of hydrogen-bond donors (Lipinski definition) is 2. The Morgan fingerprint density at radius 1 is 1.31 bits per heavy atom. The average Bonchev–Trinajstić information content (AvgIpc) is 2.50. The molecule has 2 rings (SSSR count). The average molecular weight is 449 g/mol. The Kier molecular flexibility index (Phi) is 7.83. The largest absolute Gasteiger partial charge is 0.756 e. The topological polar surface area (TPSA) is 116 Å². The first-order chi connectivity index (χ1) is 13.2. The third kappa shape index (κ3) is 6.61. The van der Waals surface area contributed by atoms with Crippen molar-refractivity contribution in [3.63, 3.8) is 0 Å². The zero-order valence-corrected chi connectivity index (χ0v) is 19.7.